The topological polar surface area (TPSA) is 41.6 Å². The molecule has 0 unspecified atom stereocenters. The number of ether oxygens (including phenoxy) is 1. The van der Waals surface area contributed by atoms with Crippen molar-refractivity contribution in [3.05, 3.63) is 58.1 Å². The Balaban J connectivity index is 2.01. The first-order valence-electron chi connectivity index (χ1n) is 7.50. The molecule has 2 aromatic rings. The zero-order chi connectivity index (χ0) is 17.7. The molecule has 1 amide bonds. The molecule has 0 heterocycles. The normalized spacial score (nSPS) is 12.1. The zero-order valence-electron chi connectivity index (χ0n) is 13.8. The summed E-state index contributed by atoms with van der Waals surface area (Å²) in [5, 5.41) is 3.77. The highest BCUT2D eigenvalue weighted by molar-refractivity contribution is 6.36. The van der Waals surface area contributed by atoms with E-state index in [0.717, 1.165) is 11.3 Å². The molecule has 0 saturated carbocycles. The fourth-order valence-electron chi connectivity index (χ4n) is 2.22. The van der Waals surface area contributed by atoms with Crippen LogP contribution in [0.4, 0.5) is 5.69 Å². The lowest BCUT2D eigenvalue weighted by molar-refractivity contribution is -0.120. The van der Waals surface area contributed by atoms with Gasteiger partial charge < -0.3 is 10.1 Å². The number of halogens is 2. The lowest BCUT2D eigenvalue weighted by atomic mass is 10.1. The summed E-state index contributed by atoms with van der Waals surface area (Å²) in [6.07, 6.45) is 0. The van der Waals surface area contributed by atoms with Crippen LogP contribution in [0, 0.1) is 0 Å². The molecule has 0 aliphatic rings. The minimum atomic E-state index is -0.331. The van der Waals surface area contributed by atoms with Gasteiger partial charge in [0.2, 0.25) is 5.91 Å². The Morgan fingerprint density at radius 2 is 2.00 bits per heavy atom. The third kappa shape index (κ3) is 4.87. The molecule has 0 saturated heterocycles. The molecule has 2 rings (SSSR count). The van der Waals surface area contributed by atoms with Crippen molar-refractivity contribution in [2.24, 2.45) is 0 Å². The van der Waals surface area contributed by atoms with E-state index in [4.69, 9.17) is 27.9 Å². The van der Waals surface area contributed by atoms with Gasteiger partial charge in [0, 0.05) is 11.6 Å². The molecule has 0 bridgehead atoms. The number of carbonyl (C=O) groups excluding carboxylic acids is 1. The quantitative estimate of drug-likeness (QED) is 0.820. The Kier molecular flexibility index (Phi) is 6.49. The van der Waals surface area contributed by atoms with Gasteiger partial charge in [-0.05, 0) is 49.9 Å². The average molecular weight is 367 g/mol. The Hall–Kier alpha value is -1.75. The van der Waals surface area contributed by atoms with Gasteiger partial charge in [-0.3, -0.25) is 9.69 Å². The van der Waals surface area contributed by atoms with Crippen molar-refractivity contribution in [3.8, 4) is 5.75 Å². The standard InChI is InChI=1S/C18H20Cl2N2O2/c1-12(18(23)21-17-8-7-14(19)10-16(17)20)22(2)11-13-5-4-6-15(9-13)24-3/h4-10,12H,11H2,1-3H3,(H,21,23)/t12-/m0/s1. The van der Waals surface area contributed by atoms with Crippen molar-refractivity contribution in [2.45, 2.75) is 19.5 Å². The fraction of sp³-hybridized carbons (Fsp3) is 0.278. The molecule has 0 aliphatic heterocycles. The van der Waals surface area contributed by atoms with Gasteiger partial charge in [0.1, 0.15) is 5.75 Å². The van der Waals surface area contributed by atoms with Gasteiger partial charge >= 0.3 is 0 Å². The molecule has 24 heavy (non-hydrogen) atoms. The van der Waals surface area contributed by atoms with E-state index in [1.54, 1.807) is 25.3 Å². The van der Waals surface area contributed by atoms with Crippen molar-refractivity contribution in [1.82, 2.24) is 4.90 Å². The first kappa shape index (κ1) is 18.6. The Bertz CT molecular complexity index is 722. The third-order valence-electron chi connectivity index (χ3n) is 3.80. The van der Waals surface area contributed by atoms with Crippen molar-refractivity contribution in [3.63, 3.8) is 0 Å². The molecule has 0 spiro atoms. The fourth-order valence-corrected chi connectivity index (χ4v) is 2.68. The van der Waals surface area contributed by atoms with E-state index >= 15 is 0 Å². The van der Waals surface area contributed by atoms with Crippen LogP contribution < -0.4 is 10.1 Å². The largest absolute Gasteiger partial charge is 0.497 e. The van der Waals surface area contributed by atoms with Crippen LogP contribution in [0.15, 0.2) is 42.5 Å². The molecule has 128 valence electrons. The summed E-state index contributed by atoms with van der Waals surface area (Å²) in [5.41, 5.74) is 1.62. The van der Waals surface area contributed by atoms with Crippen molar-refractivity contribution in [1.29, 1.82) is 0 Å². The Morgan fingerprint density at radius 3 is 2.67 bits per heavy atom. The van der Waals surface area contributed by atoms with Gasteiger partial charge in [-0.1, -0.05) is 35.3 Å². The SMILES string of the molecule is COc1cccc(CN(C)[C@@H](C)C(=O)Nc2ccc(Cl)cc2Cl)c1. The van der Waals surface area contributed by atoms with Gasteiger partial charge in [0.25, 0.3) is 0 Å². The number of benzene rings is 2. The van der Waals surface area contributed by atoms with Crippen LogP contribution in [0.3, 0.4) is 0 Å². The predicted molar refractivity (Wildman–Crippen MR) is 99.0 cm³/mol. The summed E-state index contributed by atoms with van der Waals surface area (Å²) < 4.78 is 5.22. The number of amides is 1. The lowest BCUT2D eigenvalue weighted by Gasteiger charge is -2.24. The van der Waals surface area contributed by atoms with E-state index in [1.165, 1.54) is 0 Å². The lowest BCUT2D eigenvalue weighted by Crippen LogP contribution is -2.39. The van der Waals surface area contributed by atoms with Crippen LogP contribution in [0.1, 0.15) is 12.5 Å². The van der Waals surface area contributed by atoms with Gasteiger partial charge in [0.15, 0.2) is 0 Å². The number of nitrogens with zero attached hydrogens (tertiary/aromatic N) is 1. The molecule has 0 aliphatic carbocycles. The van der Waals surface area contributed by atoms with E-state index < -0.39 is 0 Å². The van der Waals surface area contributed by atoms with E-state index in [2.05, 4.69) is 5.32 Å². The van der Waals surface area contributed by atoms with Crippen LogP contribution in [0.5, 0.6) is 5.75 Å². The first-order chi connectivity index (χ1) is 11.4. The second-order valence-corrected chi connectivity index (χ2v) is 6.40. The first-order valence-corrected chi connectivity index (χ1v) is 8.25. The highest BCUT2D eigenvalue weighted by Crippen LogP contribution is 2.25. The summed E-state index contributed by atoms with van der Waals surface area (Å²) in [7, 11) is 3.53. The monoisotopic (exact) mass is 366 g/mol. The summed E-state index contributed by atoms with van der Waals surface area (Å²) in [6.45, 7) is 2.47. The Labute approximate surface area is 152 Å². The molecule has 2 aromatic carbocycles. The number of hydrogen-bond acceptors (Lipinski definition) is 3. The number of hydrogen-bond donors (Lipinski definition) is 1. The average Bonchev–Trinajstić information content (AvgIpc) is 2.56. The van der Waals surface area contributed by atoms with E-state index in [9.17, 15) is 4.79 Å². The van der Waals surface area contributed by atoms with E-state index in [0.29, 0.717) is 22.3 Å². The van der Waals surface area contributed by atoms with Gasteiger partial charge in [-0.2, -0.15) is 0 Å². The number of likely N-dealkylation sites (N-methyl/N-ethyl adjacent to an activating group) is 1. The second-order valence-electron chi connectivity index (χ2n) is 5.56. The number of anilines is 1. The molecular weight excluding hydrogens is 347 g/mol. The predicted octanol–water partition coefficient (Wildman–Crippen LogP) is 4.46. The highest BCUT2D eigenvalue weighted by Gasteiger charge is 2.19. The van der Waals surface area contributed by atoms with Crippen LogP contribution in [0.2, 0.25) is 10.0 Å². The molecule has 0 aromatic heterocycles. The van der Waals surface area contributed by atoms with Gasteiger partial charge in [-0.25, -0.2) is 0 Å². The van der Waals surface area contributed by atoms with Gasteiger partial charge in [0.05, 0.1) is 23.9 Å². The highest BCUT2D eigenvalue weighted by atomic mass is 35.5. The minimum absolute atomic E-state index is 0.135. The van der Waals surface area contributed by atoms with Crippen molar-refractivity contribution < 1.29 is 9.53 Å². The van der Waals surface area contributed by atoms with E-state index in [-0.39, 0.29) is 11.9 Å². The minimum Gasteiger partial charge on any atom is -0.497 e. The van der Waals surface area contributed by atoms with Gasteiger partial charge in [-0.15, -0.1) is 0 Å². The molecular formula is C18H20Cl2N2O2. The van der Waals surface area contributed by atoms with Crippen molar-refractivity contribution in [2.75, 3.05) is 19.5 Å². The van der Waals surface area contributed by atoms with Crippen LogP contribution in [-0.4, -0.2) is 31.0 Å². The van der Waals surface area contributed by atoms with Crippen LogP contribution in [-0.2, 0) is 11.3 Å². The van der Waals surface area contributed by atoms with E-state index in [1.807, 2.05) is 43.1 Å². The maximum absolute atomic E-state index is 12.4. The van der Waals surface area contributed by atoms with Crippen molar-refractivity contribution >= 4 is 34.8 Å². The van der Waals surface area contributed by atoms with Crippen LogP contribution in [0.25, 0.3) is 0 Å². The zero-order valence-corrected chi connectivity index (χ0v) is 15.4. The summed E-state index contributed by atoms with van der Waals surface area (Å²) in [5.74, 6) is 0.663. The number of methoxy groups -OCH3 is 1. The molecule has 1 atom stereocenters. The molecule has 6 heteroatoms. The molecule has 0 fully saturated rings. The van der Waals surface area contributed by atoms with Crippen LogP contribution >= 0.6 is 23.2 Å². The third-order valence-corrected chi connectivity index (χ3v) is 4.34. The number of nitrogens with one attached hydrogen (secondary N) is 1. The maximum atomic E-state index is 12.4. The molecule has 1 N–H and O–H groups in total. The summed E-state index contributed by atoms with van der Waals surface area (Å²) >= 11 is 12.0. The number of carbonyl (C=O) groups is 1. The second kappa shape index (κ2) is 8.38. The molecule has 0 radical (unpaired) electrons. The number of rotatable bonds is 6. The smallest absolute Gasteiger partial charge is 0.241 e. The summed E-state index contributed by atoms with van der Waals surface area (Å²) in [4.78, 5) is 14.4. The Morgan fingerprint density at radius 1 is 1.25 bits per heavy atom. The maximum Gasteiger partial charge on any atom is 0.241 e. The molecule has 4 nitrogen and oxygen atoms in total. The summed E-state index contributed by atoms with van der Waals surface area (Å²) in [6, 6.07) is 12.4.